The van der Waals surface area contributed by atoms with Crippen molar-refractivity contribution in [3.63, 3.8) is 0 Å². The lowest BCUT2D eigenvalue weighted by atomic mass is 9.91. The van der Waals surface area contributed by atoms with Gasteiger partial charge < -0.3 is 15.5 Å². The topological polar surface area (TPSA) is 52.6 Å². The van der Waals surface area contributed by atoms with Gasteiger partial charge in [-0.1, -0.05) is 26.8 Å². The summed E-state index contributed by atoms with van der Waals surface area (Å²) < 4.78 is 0. The van der Waals surface area contributed by atoms with Crippen molar-refractivity contribution in [3.8, 4) is 0 Å². The molecule has 1 aromatic heterocycles. The Balaban J connectivity index is 0.00000312. The van der Waals surface area contributed by atoms with Crippen molar-refractivity contribution < 1.29 is 0 Å². The molecule has 6 heteroatoms. The van der Waals surface area contributed by atoms with Crippen molar-refractivity contribution in [2.45, 2.75) is 52.5 Å². The molecule has 1 fully saturated rings. The standard InChI is InChI=1S/C19H33N5.HI/c1-19(2,3)11-7-13-22-18(20-4)23-16-9-14-24(15-10-16)17-8-5-6-12-21-17;/h5-6,8,12,16H,7,9-11,13-15H2,1-4H3,(H2,20,22,23);1H. The van der Waals surface area contributed by atoms with Crippen molar-refractivity contribution in [1.29, 1.82) is 0 Å². The molecule has 25 heavy (non-hydrogen) atoms. The maximum Gasteiger partial charge on any atom is 0.191 e. The van der Waals surface area contributed by atoms with Gasteiger partial charge in [0, 0.05) is 38.9 Å². The zero-order valence-corrected chi connectivity index (χ0v) is 18.4. The van der Waals surface area contributed by atoms with Crippen molar-refractivity contribution in [2.24, 2.45) is 10.4 Å². The Morgan fingerprint density at radius 2 is 2.00 bits per heavy atom. The highest BCUT2D eigenvalue weighted by atomic mass is 127. The van der Waals surface area contributed by atoms with Crippen LogP contribution in [0.2, 0.25) is 0 Å². The van der Waals surface area contributed by atoms with E-state index in [1.54, 1.807) is 0 Å². The van der Waals surface area contributed by atoms with Crippen LogP contribution in [-0.2, 0) is 0 Å². The monoisotopic (exact) mass is 459 g/mol. The van der Waals surface area contributed by atoms with Gasteiger partial charge in [-0.25, -0.2) is 4.98 Å². The molecule has 0 amide bonds. The quantitative estimate of drug-likeness (QED) is 0.306. The minimum Gasteiger partial charge on any atom is -0.356 e. The molecule has 0 unspecified atom stereocenters. The third-order valence-corrected chi connectivity index (χ3v) is 4.43. The highest BCUT2D eigenvalue weighted by molar-refractivity contribution is 14.0. The van der Waals surface area contributed by atoms with Gasteiger partial charge in [0.15, 0.2) is 5.96 Å². The molecule has 1 saturated heterocycles. The molecule has 2 rings (SSSR count). The SMILES string of the molecule is CN=C(NCCCC(C)(C)C)NC1CCN(c2ccccn2)CC1.I. The molecule has 0 spiro atoms. The molecule has 1 aromatic rings. The van der Waals surface area contributed by atoms with E-state index in [-0.39, 0.29) is 24.0 Å². The molecule has 0 aliphatic carbocycles. The van der Waals surface area contributed by atoms with Crippen LogP contribution in [0.3, 0.4) is 0 Å². The van der Waals surface area contributed by atoms with Gasteiger partial charge in [-0.15, -0.1) is 24.0 Å². The van der Waals surface area contributed by atoms with E-state index in [0.717, 1.165) is 44.3 Å². The Bertz CT molecular complexity index is 504. The van der Waals surface area contributed by atoms with E-state index < -0.39 is 0 Å². The van der Waals surface area contributed by atoms with E-state index in [1.807, 2.05) is 19.3 Å². The summed E-state index contributed by atoms with van der Waals surface area (Å²) in [5.41, 5.74) is 0.400. The van der Waals surface area contributed by atoms with Gasteiger partial charge >= 0.3 is 0 Å². The summed E-state index contributed by atoms with van der Waals surface area (Å²) in [7, 11) is 1.85. The zero-order chi connectivity index (χ0) is 17.4. The Morgan fingerprint density at radius 3 is 2.56 bits per heavy atom. The summed E-state index contributed by atoms with van der Waals surface area (Å²) in [6.07, 6.45) is 6.48. The van der Waals surface area contributed by atoms with E-state index in [9.17, 15) is 0 Å². The summed E-state index contributed by atoms with van der Waals surface area (Å²) in [5, 5.41) is 7.01. The molecule has 0 atom stereocenters. The van der Waals surface area contributed by atoms with Gasteiger partial charge in [0.1, 0.15) is 5.82 Å². The van der Waals surface area contributed by atoms with Crippen LogP contribution in [0.15, 0.2) is 29.4 Å². The van der Waals surface area contributed by atoms with Crippen LogP contribution in [0.4, 0.5) is 5.82 Å². The van der Waals surface area contributed by atoms with E-state index >= 15 is 0 Å². The number of hydrogen-bond donors (Lipinski definition) is 2. The minimum atomic E-state index is 0. The molecule has 0 aromatic carbocycles. The van der Waals surface area contributed by atoms with Crippen LogP contribution in [0, 0.1) is 5.41 Å². The van der Waals surface area contributed by atoms with E-state index in [0.29, 0.717) is 11.5 Å². The number of hydrogen-bond acceptors (Lipinski definition) is 3. The summed E-state index contributed by atoms with van der Waals surface area (Å²) in [6.45, 7) is 9.91. The third-order valence-electron chi connectivity index (χ3n) is 4.43. The van der Waals surface area contributed by atoms with Crippen molar-refractivity contribution in [2.75, 3.05) is 31.6 Å². The van der Waals surface area contributed by atoms with Crippen molar-refractivity contribution >= 4 is 35.8 Å². The molecule has 0 bridgehead atoms. The average molecular weight is 459 g/mol. The van der Waals surface area contributed by atoms with Crippen molar-refractivity contribution in [1.82, 2.24) is 15.6 Å². The molecule has 0 saturated carbocycles. The highest BCUT2D eigenvalue weighted by Crippen LogP contribution is 2.20. The van der Waals surface area contributed by atoms with Gasteiger partial charge in [-0.3, -0.25) is 4.99 Å². The van der Waals surface area contributed by atoms with Crippen LogP contribution in [-0.4, -0.2) is 43.7 Å². The predicted octanol–water partition coefficient (Wildman–Crippen LogP) is 3.66. The van der Waals surface area contributed by atoms with Crippen LogP contribution < -0.4 is 15.5 Å². The van der Waals surface area contributed by atoms with E-state index in [4.69, 9.17) is 0 Å². The Labute approximate surface area is 170 Å². The Morgan fingerprint density at radius 1 is 1.28 bits per heavy atom. The number of piperidine rings is 1. The lowest BCUT2D eigenvalue weighted by molar-refractivity contribution is 0.365. The largest absolute Gasteiger partial charge is 0.356 e. The second-order valence-corrected chi connectivity index (χ2v) is 7.76. The smallest absolute Gasteiger partial charge is 0.191 e. The molecule has 2 N–H and O–H groups in total. The third kappa shape index (κ3) is 8.25. The first-order chi connectivity index (χ1) is 11.5. The molecular formula is C19H34IN5. The molecule has 1 aliphatic heterocycles. The number of nitrogens with zero attached hydrogens (tertiary/aromatic N) is 3. The number of pyridine rings is 1. The fourth-order valence-corrected chi connectivity index (χ4v) is 3.01. The number of anilines is 1. The normalized spacial score (nSPS) is 16.3. The van der Waals surface area contributed by atoms with E-state index in [2.05, 4.69) is 58.4 Å². The maximum absolute atomic E-state index is 4.44. The Hall–Kier alpha value is -1.05. The number of aromatic nitrogens is 1. The predicted molar refractivity (Wildman–Crippen MR) is 118 cm³/mol. The number of nitrogens with one attached hydrogen (secondary N) is 2. The first-order valence-corrected chi connectivity index (χ1v) is 9.11. The van der Waals surface area contributed by atoms with Crippen LogP contribution in [0.25, 0.3) is 0 Å². The lowest BCUT2D eigenvalue weighted by Crippen LogP contribution is -2.49. The molecule has 0 radical (unpaired) electrons. The fourth-order valence-electron chi connectivity index (χ4n) is 3.01. The number of aliphatic imine (C=N–C) groups is 1. The van der Waals surface area contributed by atoms with Gasteiger partial charge in [0.05, 0.1) is 0 Å². The van der Waals surface area contributed by atoms with Crippen LogP contribution >= 0.6 is 24.0 Å². The number of guanidine groups is 1. The first kappa shape index (κ1) is 22.0. The molecule has 5 nitrogen and oxygen atoms in total. The highest BCUT2D eigenvalue weighted by Gasteiger charge is 2.20. The zero-order valence-electron chi connectivity index (χ0n) is 16.1. The number of halogens is 1. The van der Waals surface area contributed by atoms with Crippen LogP contribution in [0.5, 0.6) is 0 Å². The second kappa shape index (κ2) is 10.8. The van der Waals surface area contributed by atoms with Crippen molar-refractivity contribution in [3.05, 3.63) is 24.4 Å². The fraction of sp³-hybridized carbons (Fsp3) is 0.684. The summed E-state index contributed by atoms with van der Waals surface area (Å²) in [4.78, 5) is 11.2. The molecule has 1 aliphatic rings. The lowest BCUT2D eigenvalue weighted by Gasteiger charge is -2.33. The Kier molecular flexibility index (Phi) is 9.53. The average Bonchev–Trinajstić information content (AvgIpc) is 2.58. The summed E-state index contributed by atoms with van der Waals surface area (Å²) in [6, 6.07) is 6.59. The molecule has 2 heterocycles. The first-order valence-electron chi connectivity index (χ1n) is 9.11. The minimum absolute atomic E-state index is 0. The van der Waals surface area contributed by atoms with E-state index in [1.165, 1.54) is 12.8 Å². The van der Waals surface area contributed by atoms with Gasteiger partial charge in [-0.05, 0) is 43.2 Å². The maximum atomic E-state index is 4.44. The molecule has 142 valence electrons. The van der Waals surface area contributed by atoms with Gasteiger partial charge in [-0.2, -0.15) is 0 Å². The molecular weight excluding hydrogens is 425 g/mol. The van der Waals surface area contributed by atoms with Crippen LogP contribution in [0.1, 0.15) is 46.5 Å². The van der Waals surface area contributed by atoms with Gasteiger partial charge in [0.25, 0.3) is 0 Å². The second-order valence-electron chi connectivity index (χ2n) is 7.76. The summed E-state index contributed by atoms with van der Waals surface area (Å²) in [5.74, 6) is 2.01. The summed E-state index contributed by atoms with van der Waals surface area (Å²) >= 11 is 0. The van der Waals surface area contributed by atoms with Gasteiger partial charge in [0.2, 0.25) is 0 Å². The number of rotatable bonds is 5.